The molecule has 2 nitrogen and oxygen atoms in total. The SMILES string of the molecule is Cc1ccc(C2=NC3CCC(N)CC3S2)cc1. The second-order valence-corrected chi connectivity index (χ2v) is 6.32. The largest absolute Gasteiger partial charge is 0.328 e. The van der Waals surface area contributed by atoms with Crippen molar-refractivity contribution in [3.8, 4) is 0 Å². The lowest BCUT2D eigenvalue weighted by Crippen LogP contribution is -2.35. The first-order valence-corrected chi connectivity index (χ1v) is 7.17. The second-order valence-electron chi connectivity index (χ2n) is 5.10. The molecule has 1 aliphatic carbocycles. The third-order valence-corrected chi connectivity index (χ3v) is 5.02. The van der Waals surface area contributed by atoms with Crippen molar-refractivity contribution in [3.05, 3.63) is 35.4 Å². The Morgan fingerprint density at radius 1 is 1.24 bits per heavy atom. The molecule has 1 saturated carbocycles. The molecule has 2 aliphatic rings. The molecule has 0 radical (unpaired) electrons. The van der Waals surface area contributed by atoms with Crippen molar-refractivity contribution >= 4 is 16.8 Å². The Morgan fingerprint density at radius 3 is 2.76 bits per heavy atom. The highest BCUT2D eigenvalue weighted by atomic mass is 32.2. The van der Waals surface area contributed by atoms with Gasteiger partial charge in [0.1, 0.15) is 0 Å². The van der Waals surface area contributed by atoms with Gasteiger partial charge in [0.2, 0.25) is 0 Å². The van der Waals surface area contributed by atoms with E-state index in [1.807, 2.05) is 11.8 Å². The number of hydrogen-bond donors (Lipinski definition) is 1. The standard InChI is InChI=1S/C14H18N2S/c1-9-2-4-10(5-3-9)14-16-12-7-6-11(15)8-13(12)17-14/h2-5,11-13H,6-8,15H2,1H3. The molecule has 0 aromatic heterocycles. The van der Waals surface area contributed by atoms with Crippen LogP contribution in [0.15, 0.2) is 29.3 Å². The molecule has 3 atom stereocenters. The van der Waals surface area contributed by atoms with Crippen molar-refractivity contribution in [3.63, 3.8) is 0 Å². The van der Waals surface area contributed by atoms with E-state index in [1.165, 1.54) is 16.2 Å². The van der Waals surface area contributed by atoms with E-state index in [1.54, 1.807) is 0 Å². The molecule has 90 valence electrons. The molecule has 3 unspecified atom stereocenters. The first-order valence-electron chi connectivity index (χ1n) is 6.29. The Hall–Kier alpha value is -0.800. The maximum absolute atomic E-state index is 6.03. The van der Waals surface area contributed by atoms with Crippen LogP contribution >= 0.6 is 11.8 Å². The summed E-state index contributed by atoms with van der Waals surface area (Å²) in [6.07, 6.45) is 3.41. The van der Waals surface area contributed by atoms with Crippen LogP contribution in [0.5, 0.6) is 0 Å². The average Bonchev–Trinajstić information content (AvgIpc) is 2.72. The molecule has 0 saturated heterocycles. The summed E-state index contributed by atoms with van der Waals surface area (Å²) in [4.78, 5) is 4.87. The fraction of sp³-hybridized carbons (Fsp3) is 0.500. The van der Waals surface area contributed by atoms with E-state index < -0.39 is 0 Å². The minimum absolute atomic E-state index is 0.385. The Labute approximate surface area is 107 Å². The highest BCUT2D eigenvalue weighted by Crippen LogP contribution is 2.38. The number of fused-ring (bicyclic) bond motifs is 1. The highest BCUT2D eigenvalue weighted by molar-refractivity contribution is 8.15. The molecule has 1 aromatic carbocycles. The van der Waals surface area contributed by atoms with Gasteiger partial charge in [-0.15, -0.1) is 11.8 Å². The third-order valence-electron chi connectivity index (χ3n) is 3.64. The van der Waals surface area contributed by atoms with Crippen LogP contribution in [0, 0.1) is 6.92 Å². The summed E-state index contributed by atoms with van der Waals surface area (Å²) in [6.45, 7) is 2.12. The van der Waals surface area contributed by atoms with Gasteiger partial charge < -0.3 is 5.73 Å². The number of nitrogens with two attached hydrogens (primary N) is 1. The quantitative estimate of drug-likeness (QED) is 0.827. The predicted molar refractivity (Wildman–Crippen MR) is 74.7 cm³/mol. The fourth-order valence-corrected chi connectivity index (χ4v) is 4.03. The van der Waals surface area contributed by atoms with Gasteiger partial charge in [0, 0.05) is 16.9 Å². The topological polar surface area (TPSA) is 38.4 Å². The summed E-state index contributed by atoms with van der Waals surface area (Å²) in [5, 5.41) is 1.84. The van der Waals surface area contributed by atoms with Crippen LogP contribution < -0.4 is 5.73 Å². The minimum Gasteiger partial charge on any atom is -0.328 e. The number of benzene rings is 1. The first kappa shape index (κ1) is 11.3. The molecule has 2 N–H and O–H groups in total. The zero-order valence-electron chi connectivity index (χ0n) is 10.1. The van der Waals surface area contributed by atoms with E-state index in [0.29, 0.717) is 17.3 Å². The highest BCUT2D eigenvalue weighted by Gasteiger charge is 2.35. The number of hydrogen-bond acceptors (Lipinski definition) is 3. The maximum atomic E-state index is 6.03. The monoisotopic (exact) mass is 246 g/mol. The van der Waals surface area contributed by atoms with E-state index in [0.717, 1.165) is 19.3 Å². The van der Waals surface area contributed by atoms with E-state index in [4.69, 9.17) is 10.7 Å². The lowest BCUT2D eigenvalue weighted by atomic mass is 9.92. The molecule has 3 heteroatoms. The van der Waals surface area contributed by atoms with Gasteiger partial charge in [-0.25, -0.2) is 0 Å². The summed E-state index contributed by atoms with van der Waals surface area (Å²) in [5.74, 6) is 0. The number of aryl methyl sites for hydroxylation is 1. The first-order chi connectivity index (χ1) is 8.22. The molecule has 0 amide bonds. The van der Waals surface area contributed by atoms with Gasteiger partial charge in [-0.3, -0.25) is 4.99 Å². The van der Waals surface area contributed by atoms with Gasteiger partial charge in [0.15, 0.2) is 0 Å². The molecular weight excluding hydrogens is 228 g/mol. The van der Waals surface area contributed by atoms with Crippen LogP contribution in [0.3, 0.4) is 0 Å². The number of aliphatic imine (C=N–C) groups is 1. The molecule has 0 spiro atoms. The van der Waals surface area contributed by atoms with E-state index >= 15 is 0 Å². The number of thioether (sulfide) groups is 1. The summed E-state index contributed by atoms with van der Waals surface area (Å²) >= 11 is 1.93. The summed E-state index contributed by atoms with van der Waals surface area (Å²) in [5.41, 5.74) is 8.60. The molecule has 1 aliphatic heterocycles. The smallest absolute Gasteiger partial charge is 0.0984 e. The Bertz CT molecular complexity index is 438. The van der Waals surface area contributed by atoms with Crippen molar-refractivity contribution in [2.45, 2.75) is 43.5 Å². The zero-order chi connectivity index (χ0) is 11.8. The average molecular weight is 246 g/mol. The third kappa shape index (κ3) is 2.26. The fourth-order valence-electron chi connectivity index (χ4n) is 2.58. The van der Waals surface area contributed by atoms with Crippen molar-refractivity contribution in [1.82, 2.24) is 0 Å². The summed E-state index contributed by atoms with van der Waals surface area (Å²) in [6, 6.07) is 9.57. The molecule has 17 heavy (non-hydrogen) atoms. The van der Waals surface area contributed by atoms with E-state index in [2.05, 4.69) is 31.2 Å². The molecule has 1 fully saturated rings. The lowest BCUT2D eigenvalue weighted by molar-refractivity contribution is 0.412. The van der Waals surface area contributed by atoms with E-state index in [-0.39, 0.29) is 0 Å². The van der Waals surface area contributed by atoms with Gasteiger partial charge in [-0.1, -0.05) is 29.8 Å². The maximum Gasteiger partial charge on any atom is 0.0984 e. The van der Waals surface area contributed by atoms with Gasteiger partial charge >= 0.3 is 0 Å². The van der Waals surface area contributed by atoms with Crippen LogP contribution in [-0.2, 0) is 0 Å². The Morgan fingerprint density at radius 2 is 2.00 bits per heavy atom. The van der Waals surface area contributed by atoms with Crippen molar-refractivity contribution in [1.29, 1.82) is 0 Å². The Balaban J connectivity index is 1.80. The van der Waals surface area contributed by atoms with Crippen LogP contribution in [0.4, 0.5) is 0 Å². The normalized spacial score (nSPS) is 32.1. The lowest BCUT2D eigenvalue weighted by Gasteiger charge is -2.27. The van der Waals surface area contributed by atoms with Gasteiger partial charge in [-0.05, 0) is 26.2 Å². The van der Waals surface area contributed by atoms with Crippen LogP contribution in [0.1, 0.15) is 30.4 Å². The predicted octanol–water partition coefficient (Wildman–Crippen LogP) is 2.74. The summed E-state index contributed by atoms with van der Waals surface area (Å²) < 4.78 is 0. The zero-order valence-corrected chi connectivity index (χ0v) is 10.9. The van der Waals surface area contributed by atoms with E-state index in [9.17, 15) is 0 Å². The molecule has 3 rings (SSSR count). The molecule has 1 aromatic rings. The van der Waals surface area contributed by atoms with Crippen molar-refractivity contribution in [2.75, 3.05) is 0 Å². The van der Waals surface area contributed by atoms with Crippen LogP contribution in [0.25, 0.3) is 0 Å². The van der Waals surface area contributed by atoms with Gasteiger partial charge in [0.05, 0.1) is 11.1 Å². The van der Waals surface area contributed by atoms with Crippen LogP contribution in [0.2, 0.25) is 0 Å². The summed E-state index contributed by atoms with van der Waals surface area (Å²) in [7, 11) is 0. The molecule has 1 heterocycles. The number of rotatable bonds is 1. The van der Waals surface area contributed by atoms with Crippen molar-refractivity contribution < 1.29 is 0 Å². The minimum atomic E-state index is 0.385. The number of nitrogens with zero attached hydrogens (tertiary/aromatic N) is 1. The molecule has 0 bridgehead atoms. The van der Waals surface area contributed by atoms with Gasteiger partial charge in [-0.2, -0.15) is 0 Å². The Kier molecular flexibility index (Phi) is 2.97. The van der Waals surface area contributed by atoms with Crippen molar-refractivity contribution in [2.24, 2.45) is 10.7 Å². The van der Waals surface area contributed by atoms with Crippen LogP contribution in [-0.4, -0.2) is 22.4 Å². The van der Waals surface area contributed by atoms with Gasteiger partial charge in [0.25, 0.3) is 0 Å². The molecular formula is C14H18N2S. The second kappa shape index (κ2) is 4.46.